The van der Waals surface area contributed by atoms with Crippen LogP contribution >= 0.6 is 0 Å². The van der Waals surface area contributed by atoms with E-state index >= 15 is 0 Å². The molecule has 0 bridgehead atoms. The number of carbonyl (C=O) groups is 2. The number of amides is 1. The number of benzene rings is 2. The Morgan fingerprint density at radius 3 is 2.40 bits per heavy atom. The van der Waals surface area contributed by atoms with Crippen molar-refractivity contribution in [2.75, 3.05) is 13.2 Å². The zero-order chi connectivity index (χ0) is 25.4. The Hall–Kier alpha value is -2.97. The van der Waals surface area contributed by atoms with Crippen LogP contribution < -0.4 is 5.32 Å². The van der Waals surface area contributed by atoms with Gasteiger partial charge in [0, 0.05) is 5.92 Å². The van der Waals surface area contributed by atoms with Crippen LogP contribution in [-0.2, 0) is 36.8 Å². The van der Waals surface area contributed by atoms with Crippen molar-refractivity contribution in [2.45, 2.75) is 64.6 Å². The summed E-state index contributed by atoms with van der Waals surface area (Å²) >= 11 is 0. The summed E-state index contributed by atoms with van der Waals surface area (Å²) in [5.41, 5.74) is 1.18. The summed E-state index contributed by atoms with van der Waals surface area (Å²) in [6, 6.07) is 14.9. The van der Waals surface area contributed by atoms with Crippen LogP contribution in [0.1, 0.15) is 38.8 Å². The Morgan fingerprint density at radius 2 is 1.74 bits per heavy atom. The lowest BCUT2D eigenvalue weighted by atomic mass is 9.89. The van der Waals surface area contributed by atoms with E-state index in [1.54, 1.807) is 39.8 Å². The molecule has 0 aromatic heterocycles. The Bertz CT molecular complexity index is 960. The molecule has 0 aliphatic carbocycles. The van der Waals surface area contributed by atoms with E-state index in [-0.39, 0.29) is 24.9 Å². The molecule has 1 saturated heterocycles. The number of hydrogen-bond acceptors (Lipinski definition) is 6. The van der Waals surface area contributed by atoms with Gasteiger partial charge in [-0.05, 0) is 57.4 Å². The summed E-state index contributed by atoms with van der Waals surface area (Å²) in [6.45, 7) is 7.46. The van der Waals surface area contributed by atoms with Gasteiger partial charge in [-0.2, -0.15) is 0 Å². The number of cyclic esters (lactones) is 1. The molecule has 1 aliphatic rings. The molecule has 190 valence electrons. The van der Waals surface area contributed by atoms with Crippen LogP contribution in [0.5, 0.6) is 0 Å². The molecule has 3 rings (SSSR count). The summed E-state index contributed by atoms with van der Waals surface area (Å²) in [7, 11) is 0. The second-order valence-electron chi connectivity index (χ2n) is 9.71. The van der Waals surface area contributed by atoms with Crippen LogP contribution in [0, 0.1) is 11.7 Å². The molecule has 0 spiro atoms. The summed E-state index contributed by atoms with van der Waals surface area (Å²) in [4.78, 5) is 25.1. The summed E-state index contributed by atoms with van der Waals surface area (Å²) in [5, 5.41) is 2.54. The van der Waals surface area contributed by atoms with Crippen LogP contribution in [0.25, 0.3) is 0 Å². The molecule has 0 radical (unpaired) electrons. The molecule has 1 N–H and O–H groups in total. The van der Waals surface area contributed by atoms with Crippen molar-refractivity contribution in [3.8, 4) is 0 Å². The van der Waals surface area contributed by atoms with E-state index in [9.17, 15) is 14.0 Å². The fraction of sp³-hybridized carbons (Fsp3) is 0.481. The van der Waals surface area contributed by atoms with Crippen molar-refractivity contribution in [3.05, 3.63) is 71.5 Å². The van der Waals surface area contributed by atoms with Crippen LogP contribution in [-0.4, -0.2) is 49.1 Å². The number of carbonyl (C=O) groups excluding carboxylic acids is 2. The second kappa shape index (κ2) is 12.1. The monoisotopic (exact) mass is 487 g/mol. The number of rotatable bonds is 6. The fourth-order valence-corrected chi connectivity index (χ4v) is 3.84. The van der Waals surface area contributed by atoms with Gasteiger partial charge in [-0.3, -0.25) is 0 Å². The lowest BCUT2D eigenvalue weighted by molar-refractivity contribution is -0.155. The van der Waals surface area contributed by atoms with E-state index in [0.717, 1.165) is 11.1 Å². The van der Waals surface area contributed by atoms with Crippen LogP contribution in [0.15, 0.2) is 54.6 Å². The summed E-state index contributed by atoms with van der Waals surface area (Å²) < 4.78 is 36.6. The van der Waals surface area contributed by atoms with Crippen LogP contribution in [0.2, 0.25) is 0 Å². The first-order chi connectivity index (χ1) is 16.6. The van der Waals surface area contributed by atoms with Crippen molar-refractivity contribution >= 4 is 12.1 Å². The van der Waals surface area contributed by atoms with Gasteiger partial charge in [0.05, 0.1) is 25.9 Å². The molecule has 1 fully saturated rings. The number of alkyl carbamates (subject to hydrolysis) is 1. The largest absolute Gasteiger partial charge is 0.461 e. The van der Waals surface area contributed by atoms with E-state index in [4.69, 9.17) is 18.9 Å². The topological polar surface area (TPSA) is 83.1 Å². The number of halogens is 1. The number of esters is 1. The smallest absolute Gasteiger partial charge is 0.408 e. The lowest BCUT2D eigenvalue weighted by Gasteiger charge is -2.31. The van der Waals surface area contributed by atoms with Gasteiger partial charge in [-0.1, -0.05) is 42.5 Å². The maximum atomic E-state index is 13.4. The average molecular weight is 488 g/mol. The SMILES string of the molecule is C[C@@H]1OC(=O)[C@@H](NC(=O)OC(C)(C)C)COC[C@H](OCc2ccccc2)[C@H]1Cc1ccc(F)cc1. The van der Waals surface area contributed by atoms with Crippen molar-refractivity contribution in [1.82, 2.24) is 5.32 Å². The van der Waals surface area contributed by atoms with E-state index in [2.05, 4.69) is 5.32 Å². The van der Waals surface area contributed by atoms with Gasteiger partial charge >= 0.3 is 12.1 Å². The lowest BCUT2D eigenvalue weighted by Crippen LogP contribution is -2.47. The van der Waals surface area contributed by atoms with E-state index in [1.165, 1.54) is 12.1 Å². The average Bonchev–Trinajstić information content (AvgIpc) is 2.84. The first kappa shape index (κ1) is 26.6. The fourth-order valence-electron chi connectivity index (χ4n) is 3.84. The highest BCUT2D eigenvalue weighted by Gasteiger charge is 2.36. The minimum atomic E-state index is -1.02. The van der Waals surface area contributed by atoms with Crippen molar-refractivity contribution in [2.24, 2.45) is 5.92 Å². The molecule has 7 nitrogen and oxygen atoms in total. The third-order valence-electron chi connectivity index (χ3n) is 5.62. The van der Waals surface area contributed by atoms with Crippen LogP contribution in [0.3, 0.4) is 0 Å². The molecular weight excluding hydrogens is 453 g/mol. The van der Waals surface area contributed by atoms with Gasteiger partial charge in [0.15, 0.2) is 6.04 Å². The van der Waals surface area contributed by atoms with Gasteiger partial charge in [-0.25, -0.2) is 14.0 Å². The van der Waals surface area contributed by atoms with E-state index in [0.29, 0.717) is 13.0 Å². The molecule has 1 aliphatic heterocycles. The Labute approximate surface area is 205 Å². The molecular formula is C27H34FNO6. The first-order valence-corrected chi connectivity index (χ1v) is 11.8. The molecule has 2 aromatic carbocycles. The zero-order valence-corrected chi connectivity index (χ0v) is 20.7. The zero-order valence-electron chi connectivity index (χ0n) is 20.7. The van der Waals surface area contributed by atoms with Crippen molar-refractivity contribution in [3.63, 3.8) is 0 Å². The maximum absolute atomic E-state index is 13.4. The normalized spacial score (nSPS) is 23.4. The summed E-state index contributed by atoms with van der Waals surface area (Å²) in [6.07, 6.45) is -1.21. The predicted octanol–water partition coefficient (Wildman–Crippen LogP) is 4.43. The molecule has 1 heterocycles. The second-order valence-corrected chi connectivity index (χ2v) is 9.71. The van der Waals surface area contributed by atoms with Gasteiger partial charge in [0.25, 0.3) is 0 Å². The number of nitrogens with one attached hydrogen (secondary N) is 1. The molecule has 2 aromatic rings. The predicted molar refractivity (Wildman–Crippen MR) is 128 cm³/mol. The first-order valence-electron chi connectivity index (χ1n) is 11.8. The van der Waals surface area contributed by atoms with Crippen molar-refractivity contribution < 1.29 is 32.9 Å². The van der Waals surface area contributed by atoms with Crippen LogP contribution in [0.4, 0.5) is 9.18 Å². The Balaban J connectivity index is 1.77. The third-order valence-corrected chi connectivity index (χ3v) is 5.62. The third kappa shape index (κ3) is 8.64. The molecule has 0 unspecified atom stereocenters. The quantitative estimate of drug-likeness (QED) is 0.608. The molecule has 8 heteroatoms. The Morgan fingerprint density at radius 1 is 1.06 bits per heavy atom. The minimum absolute atomic E-state index is 0.0841. The number of ether oxygens (including phenoxy) is 4. The van der Waals surface area contributed by atoms with Crippen molar-refractivity contribution in [1.29, 1.82) is 0 Å². The Kier molecular flexibility index (Phi) is 9.23. The highest BCUT2D eigenvalue weighted by molar-refractivity contribution is 5.81. The highest BCUT2D eigenvalue weighted by Crippen LogP contribution is 2.25. The van der Waals surface area contributed by atoms with Gasteiger partial charge < -0.3 is 24.3 Å². The highest BCUT2D eigenvalue weighted by atomic mass is 19.1. The minimum Gasteiger partial charge on any atom is -0.461 e. The number of hydrogen-bond donors (Lipinski definition) is 1. The van der Waals surface area contributed by atoms with Gasteiger partial charge in [-0.15, -0.1) is 0 Å². The van der Waals surface area contributed by atoms with Gasteiger partial charge in [0.1, 0.15) is 17.5 Å². The molecule has 1 amide bonds. The van der Waals surface area contributed by atoms with Gasteiger partial charge in [0.2, 0.25) is 0 Å². The molecule has 4 atom stereocenters. The summed E-state index contributed by atoms with van der Waals surface area (Å²) in [5.74, 6) is -1.21. The molecule has 0 saturated carbocycles. The van der Waals surface area contributed by atoms with E-state index in [1.807, 2.05) is 30.3 Å². The molecule has 35 heavy (non-hydrogen) atoms. The van der Waals surface area contributed by atoms with E-state index < -0.39 is 35.9 Å². The standard InChI is InChI=1S/C27H34FNO6/c1-18-22(14-19-10-12-21(28)13-11-19)24(33-15-20-8-6-5-7-9-20)17-32-16-23(25(30)34-18)29-26(31)35-27(2,3)4/h5-13,18,22-24H,14-17H2,1-4H3,(H,29,31)/t18-,22-,23-,24-/m0/s1. The maximum Gasteiger partial charge on any atom is 0.408 e.